The number of para-hydroxylation sites is 3. The molecule has 0 aliphatic heterocycles. The summed E-state index contributed by atoms with van der Waals surface area (Å²) in [5, 5.41) is 7.15. The van der Waals surface area contributed by atoms with Crippen LogP contribution in [0.4, 0.5) is 11.6 Å². The Labute approximate surface area is 170 Å². The van der Waals surface area contributed by atoms with Crippen molar-refractivity contribution in [3.8, 4) is 0 Å². The molecule has 0 unspecified atom stereocenters. The van der Waals surface area contributed by atoms with Crippen LogP contribution in [0.3, 0.4) is 0 Å². The van der Waals surface area contributed by atoms with Gasteiger partial charge < -0.3 is 15.2 Å². The number of rotatable bonds is 4. The minimum Gasteiger partial charge on any atom is -0.332 e. The fraction of sp³-hybridized carbons (Fsp3) is 0.130. The number of anilines is 2. The van der Waals surface area contributed by atoms with Crippen LogP contribution in [0.1, 0.15) is 16.7 Å². The SMILES string of the molecule is Cc1cccc(C)c1NC(=S)Nc1nc2ccccc2n1Cc1ccccc1. The molecule has 0 saturated carbocycles. The molecule has 4 aromatic rings. The quantitative estimate of drug-likeness (QED) is 0.454. The highest BCUT2D eigenvalue weighted by atomic mass is 32.1. The molecule has 4 nitrogen and oxygen atoms in total. The second-order valence-corrected chi connectivity index (χ2v) is 7.25. The summed E-state index contributed by atoms with van der Waals surface area (Å²) in [5.41, 5.74) is 6.57. The zero-order valence-electron chi connectivity index (χ0n) is 15.9. The number of fused-ring (bicyclic) bond motifs is 1. The molecule has 0 saturated heterocycles. The number of nitrogens with one attached hydrogen (secondary N) is 2. The topological polar surface area (TPSA) is 41.9 Å². The Morgan fingerprint density at radius 1 is 0.857 bits per heavy atom. The van der Waals surface area contributed by atoms with Crippen molar-refractivity contribution in [2.45, 2.75) is 20.4 Å². The first-order chi connectivity index (χ1) is 13.6. The lowest BCUT2D eigenvalue weighted by molar-refractivity contribution is 0.837. The summed E-state index contributed by atoms with van der Waals surface area (Å²) in [6.45, 7) is 4.86. The van der Waals surface area contributed by atoms with Gasteiger partial charge in [0.05, 0.1) is 17.6 Å². The summed E-state index contributed by atoms with van der Waals surface area (Å²) in [7, 11) is 0. The van der Waals surface area contributed by atoms with Crippen LogP contribution < -0.4 is 10.6 Å². The second kappa shape index (κ2) is 7.82. The zero-order valence-corrected chi connectivity index (χ0v) is 16.8. The first-order valence-electron chi connectivity index (χ1n) is 9.25. The fourth-order valence-corrected chi connectivity index (χ4v) is 3.55. The number of nitrogens with zero attached hydrogens (tertiary/aromatic N) is 2. The van der Waals surface area contributed by atoms with Crippen LogP contribution in [0.2, 0.25) is 0 Å². The molecular weight excluding hydrogens is 364 g/mol. The van der Waals surface area contributed by atoms with Crippen molar-refractivity contribution in [2.24, 2.45) is 0 Å². The smallest absolute Gasteiger partial charge is 0.210 e. The van der Waals surface area contributed by atoms with Crippen molar-refractivity contribution in [1.29, 1.82) is 0 Å². The van der Waals surface area contributed by atoms with E-state index < -0.39 is 0 Å². The van der Waals surface area contributed by atoms with Crippen LogP contribution in [0.15, 0.2) is 72.8 Å². The van der Waals surface area contributed by atoms with E-state index in [1.807, 2.05) is 30.3 Å². The van der Waals surface area contributed by atoms with Gasteiger partial charge in [0.2, 0.25) is 5.95 Å². The number of aromatic nitrogens is 2. The molecule has 0 aliphatic carbocycles. The molecule has 0 bridgehead atoms. The van der Waals surface area contributed by atoms with Crippen LogP contribution >= 0.6 is 12.2 Å². The third kappa shape index (κ3) is 3.75. The van der Waals surface area contributed by atoms with E-state index >= 15 is 0 Å². The predicted molar refractivity (Wildman–Crippen MR) is 121 cm³/mol. The van der Waals surface area contributed by atoms with Crippen LogP contribution in [0.5, 0.6) is 0 Å². The summed E-state index contributed by atoms with van der Waals surface area (Å²) in [6, 6.07) is 24.7. The molecule has 0 spiro atoms. The van der Waals surface area contributed by atoms with Gasteiger partial charge in [0.1, 0.15) is 0 Å². The molecule has 140 valence electrons. The van der Waals surface area contributed by atoms with Crippen molar-refractivity contribution in [2.75, 3.05) is 10.6 Å². The van der Waals surface area contributed by atoms with Crippen LogP contribution in [0, 0.1) is 13.8 Å². The molecular formula is C23H22N4S. The van der Waals surface area contributed by atoms with Gasteiger partial charge >= 0.3 is 0 Å². The van der Waals surface area contributed by atoms with E-state index in [-0.39, 0.29) is 0 Å². The van der Waals surface area contributed by atoms with Crippen molar-refractivity contribution < 1.29 is 0 Å². The van der Waals surface area contributed by atoms with E-state index in [2.05, 4.69) is 71.5 Å². The van der Waals surface area contributed by atoms with Crippen molar-refractivity contribution >= 4 is 40.0 Å². The van der Waals surface area contributed by atoms with Gasteiger partial charge in [-0.2, -0.15) is 0 Å². The molecule has 0 amide bonds. The van der Waals surface area contributed by atoms with E-state index in [9.17, 15) is 0 Å². The first kappa shape index (κ1) is 18.2. The lowest BCUT2D eigenvalue weighted by Gasteiger charge is -2.15. The Morgan fingerprint density at radius 2 is 1.54 bits per heavy atom. The van der Waals surface area contributed by atoms with E-state index in [0.717, 1.165) is 40.3 Å². The maximum absolute atomic E-state index is 5.59. The molecule has 0 atom stereocenters. The van der Waals surface area contributed by atoms with E-state index in [1.165, 1.54) is 5.56 Å². The Hall–Kier alpha value is -3.18. The molecule has 1 aromatic heterocycles. The molecule has 0 aliphatic rings. The first-order valence-corrected chi connectivity index (χ1v) is 9.66. The van der Waals surface area contributed by atoms with Gasteiger partial charge in [-0.15, -0.1) is 0 Å². The standard InChI is InChI=1S/C23H22N4S/c1-16-9-8-10-17(2)21(16)25-23(28)26-22-24-19-13-6-7-14-20(19)27(22)15-18-11-4-3-5-12-18/h3-14H,15H2,1-2H3,(H2,24,25,26,28). The molecule has 2 N–H and O–H groups in total. The predicted octanol–water partition coefficient (Wildman–Crippen LogP) is 5.51. The van der Waals surface area contributed by atoms with Crippen molar-refractivity contribution in [3.05, 3.63) is 89.5 Å². The number of thiocarbonyl (C=S) groups is 1. The third-order valence-electron chi connectivity index (χ3n) is 4.78. The number of hydrogen-bond acceptors (Lipinski definition) is 2. The normalized spacial score (nSPS) is 10.8. The van der Waals surface area contributed by atoms with E-state index in [4.69, 9.17) is 17.2 Å². The number of hydrogen-bond donors (Lipinski definition) is 2. The minimum atomic E-state index is 0.530. The maximum atomic E-state index is 5.59. The Morgan fingerprint density at radius 3 is 2.29 bits per heavy atom. The summed E-state index contributed by atoms with van der Waals surface area (Å²) in [4.78, 5) is 4.76. The van der Waals surface area contributed by atoms with Crippen molar-refractivity contribution in [1.82, 2.24) is 9.55 Å². The Balaban J connectivity index is 1.64. The monoisotopic (exact) mass is 386 g/mol. The molecule has 5 heteroatoms. The zero-order chi connectivity index (χ0) is 19.5. The molecule has 3 aromatic carbocycles. The van der Waals surface area contributed by atoms with Gasteiger partial charge in [-0.25, -0.2) is 4.98 Å². The Kier molecular flexibility index (Phi) is 5.08. The number of imidazole rings is 1. The maximum Gasteiger partial charge on any atom is 0.210 e. The van der Waals surface area contributed by atoms with Crippen LogP contribution in [-0.2, 0) is 6.54 Å². The van der Waals surface area contributed by atoms with Gasteiger partial charge in [0, 0.05) is 5.69 Å². The summed E-state index contributed by atoms with van der Waals surface area (Å²) in [5.74, 6) is 0.730. The highest BCUT2D eigenvalue weighted by molar-refractivity contribution is 7.80. The van der Waals surface area contributed by atoms with Gasteiger partial charge in [0.25, 0.3) is 0 Å². The average molecular weight is 387 g/mol. The third-order valence-corrected chi connectivity index (χ3v) is 4.99. The van der Waals surface area contributed by atoms with E-state index in [0.29, 0.717) is 5.11 Å². The van der Waals surface area contributed by atoms with Gasteiger partial charge in [-0.3, -0.25) is 0 Å². The van der Waals surface area contributed by atoms with Gasteiger partial charge in [-0.05, 0) is 54.9 Å². The lowest BCUT2D eigenvalue weighted by atomic mass is 10.1. The molecule has 0 radical (unpaired) electrons. The minimum absolute atomic E-state index is 0.530. The lowest BCUT2D eigenvalue weighted by Crippen LogP contribution is -2.22. The summed E-state index contributed by atoms with van der Waals surface area (Å²) in [6.07, 6.45) is 0. The van der Waals surface area contributed by atoms with Crippen LogP contribution in [0.25, 0.3) is 11.0 Å². The summed E-state index contributed by atoms with van der Waals surface area (Å²) < 4.78 is 2.16. The number of aryl methyl sites for hydroxylation is 2. The average Bonchev–Trinajstić information content (AvgIpc) is 3.03. The number of benzene rings is 3. The molecule has 28 heavy (non-hydrogen) atoms. The van der Waals surface area contributed by atoms with Gasteiger partial charge in [0.15, 0.2) is 5.11 Å². The highest BCUT2D eigenvalue weighted by Gasteiger charge is 2.13. The fourth-order valence-electron chi connectivity index (χ4n) is 3.35. The molecule has 0 fully saturated rings. The van der Waals surface area contributed by atoms with Crippen molar-refractivity contribution in [3.63, 3.8) is 0 Å². The largest absolute Gasteiger partial charge is 0.332 e. The molecule has 4 rings (SSSR count). The summed E-state index contributed by atoms with van der Waals surface area (Å²) >= 11 is 5.59. The Bertz CT molecular complexity index is 1110. The van der Waals surface area contributed by atoms with Gasteiger partial charge in [-0.1, -0.05) is 60.7 Å². The molecule has 1 heterocycles. The van der Waals surface area contributed by atoms with Crippen LogP contribution in [-0.4, -0.2) is 14.7 Å². The highest BCUT2D eigenvalue weighted by Crippen LogP contribution is 2.23. The van der Waals surface area contributed by atoms with E-state index in [1.54, 1.807) is 0 Å². The second-order valence-electron chi connectivity index (χ2n) is 6.84.